The largest absolute Gasteiger partial charge is 0.393 e. The quantitative estimate of drug-likeness (QED) is 0.815. The number of aromatic nitrogens is 2. The van der Waals surface area contributed by atoms with Gasteiger partial charge in [-0.1, -0.05) is 6.42 Å². The van der Waals surface area contributed by atoms with Crippen LogP contribution in [0.4, 0.5) is 5.82 Å². The summed E-state index contributed by atoms with van der Waals surface area (Å²) in [7, 11) is 0. The molecule has 1 aromatic rings. The van der Waals surface area contributed by atoms with Gasteiger partial charge in [0.2, 0.25) is 0 Å². The molecule has 1 fully saturated rings. The van der Waals surface area contributed by atoms with Gasteiger partial charge in [-0.05, 0) is 26.7 Å². The molecule has 0 radical (unpaired) electrons. The van der Waals surface area contributed by atoms with E-state index >= 15 is 0 Å². The van der Waals surface area contributed by atoms with Crippen LogP contribution in [0.5, 0.6) is 0 Å². The summed E-state index contributed by atoms with van der Waals surface area (Å²) in [6.45, 7) is 4.67. The molecule has 1 aliphatic rings. The predicted octanol–water partition coefficient (Wildman–Crippen LogP) is 1.67. The highest BCUT2D eigenvalue weighted by Crippen LogP contribution is 2.25. The third-order valence-corrected chi connectivity index (χ3v) is 3.23. The van der Waals surface area contributed by atoms with E-state index in [1.807, 2.05) is 13.8 Å². The second-order valence-electron chi connectivity index (χ2n) is 4.58. The molecule has 1 aliphatic carbocycles. The first kappa shape index (κ1) is 11.3. The number of aliphatic hydroxyl groups excluding tert-OH is 1. The Bertz CT molecular complexity index is 367. The molecule has 0 aromatic carbocycles. The van der Waals surface area contributed by atoms with E-state index in [-0.39, 0.29) is 6.10 Å². The Morgan fingerprint density at radius 2 is 2.25 bits per heavy atom. The number of nitrogens with one attached hydrogen (secondary N) is 1. The van der Waals surface area contributed by atoms with Crippen molar-refractivity contribution >= 4 is 5.82 Å². The summed E-state index contributed by atoms with van der Waals surface area (Å²) in [6, 6.07) is 0. The average molecular weight is 221 g/mol. The van der Waals surface area contributed by atoms with E-state index in [1.54, 1.807) is 6.20 Å². The Morgan fingerprint density at radius 1 is 1.44 bits per heavy atom. The SMILES string of the molecule is Cc1cnc(C)c(NCC2CCCC2O)n1. The molecule has 0 bridgehead atoms. The lowest BCUT2D eigenvalue weighted by Crippen LogP contribution is -2.22. The topological polar surface area (TPSA) is 58.0 Å². The fraction of sp³-hybridized carbons (Fsp3) is 0.667. The van der Waals surface area contributed by atoms with Gasteiger partial charge in [-0.15, -0.1) is 0 Å². The van der Waals surface area contributed by atoms with Crippen molar-refractivity contribution in [2.45, 2.75) is 39.2 Å². The second-order valence-corrected chi connectivity index (χ2v) is 4.58. The van der Waals surface area contributed by atoms with E-state index in [0.717, 1.165) is 43.0 Å². The summed E-state index contributed by atoms with van der Waals surface area (Å²) in [6.07, 6.45) is 4.79. The van der Waals surface area contributed by atoms with Crippen LogP contribution in [0.3, 0.4) is 0 Å². The number of hydrogen-bond acceptors (Lipinski definition) is 4. The molecule has 2 atom stereocenters. The van der Waals surface area contributed by atoms with Crippen LogP contribution in [0.1, 0.15) is 30.7 Å². The maximum Gasteiger partial charge on any atom is 0.147 e. The van der Waals surface area contributed by atoms with Gasteiger partial charge in [0.25, 0.3) is 0 Å². The van der Waals surface area contributed by atoms with Gasteiger partial charge in [-0.25, -0.2) is 4.98 Å². The van der Waals surface area contributed by atoms with Crippen molar-refractivity contribution in [3.05, 3.63) is 17.6 Å². The molecule has 4 heteroatoms. The summed E-state index contributed by atoms with van der Waals surface area (Å²) >= 11 is 0. The molecule has 2 unspecified atom stereocenters. The van der Waals surface area contributed by atoms with Crippen LogP contribution in [0, 0.1) is 19.8 Å². The first-order valence-corrected chi connectivity index (χ1v) is 5.89. The lowest BCUT2D eigenvalue weighted by atomic mass is 10.1. The second kappa shape index (κ2) is 4.78. The van der Waals surface area contributed by atoms with Gasteiger partial charge in [-0.2, -0.15) is 0 Å². The average Bonchev–Trinajstić information content (AvgIpc) is 2.66. The van der Waals surface area contributed by atoms with Crippen molar-refractivity contribution in [2.24, 2.45) is 5.92 Å². The van der Waals surface area contributed by atoms with Crippen molar-refractivity contribution < 1.29 is 5.11 Å². The fourth-order valence-corrected chi connectivity index (χ4v) is 2.19. The normalized spacial score (nSPS) is 24.7. The van der Waals surface area contributed by atoms with Crippen LogP contribution in [0.15, 0.2) is 6.20 Å². The minimum atomic E-state index is -0.148. The first-order chi connectivity index (χ1) is 7.66. The van der Waals surface area contributed by atoms with Gasteiger partial charge < -0.3 is 10.4 Å². The molecule has 16 heavy (non-hydrogen) atoms. The Labute approximate surface area is 96.1 Å². The van der Waals surface area contributed by atoms with Crippen molar-refractivity contribution in [1.29, 1.82) is 0 Å². The van der Waals surface area contributed by atoms with Crippen molar-refractivity contribution in [2.75, 3.05) is 11.9 Å². The van der Waals surface area contributed by atoms with Crippen molar-refractivity contribution in [3.63, 3.8) is 0 Å². The van der Waals surface area contributed by atoms with E-state index in [2.05, 4.69) is 15.3 Å². The smallest absolute Gasteiger partial charge is 0.147 e. The molecule has 0 aliphatic heterocycles. The number of hydrogen-bond donors (Lipinski definition) is 2. The van der Waals surface area contributed by atoms with Crippen LogP contribution in [0.2, 0.25) is 0 Å². The van der Waals surface area contributed by atoms with Crippen LogP contribution < -0.4 is 5.32 Å². The Balaban J connectivity index is 1.96. The summed E-state index contributed by atoms with van der Waals surface area (Å²) in [5.41, 5.74) is 1.83. The molecule has 0 amide bonds. The molecule has 0 saturated heterocycles. The van der Waals surface area contributed by atoms with Gasteiger partial charge in [0.15, 0.2) is 0 Å². The third-order valence-electron chi connectivity index (χ3n) is 3.23. The summed E-state index contributed by atoms with van der Waals surface area (Å²) < 4.78 is 0. The van der Waals surface area contributed by atoms with Gasteiger partial charge in [0.1, 0.15) is 5.82 Å². The van der Waals surface area contributed by atoms with Gasteiger partial charge in [0.05, 0.1) is 17.5 Å². The Hall–Kier alpha value is -1.16. The monoisotopic (exact) mass is 221 g/mol. The summed E-state index contributed by atoms with van der Waals surface area (Å²) in [4.78, 5) is 8.66. The number of aliphatic hydroxyl groups is 1. The molecule has 1 saturated carbocycles. The van der Waals surface area contributed by atoms with E-state index < -0.39 is 0 Å². The van der Waals surface area contributed by atoms with Crippen molar-refractivity contribution in [1.82, 2.24) is 9.97 Å². The number of anilines is 1. The zero-order valence-electron chi connectivity index (χ0n) is 9.90. The first-order valence-electron chi connectivity index (χ1n) is 5.89. The van der Waals surface area contributed by atoms with Gasteiger partial charge >= 0.3 is 0 Å². The molecule has 4 nitrogen and oxygen atoms in total. The number of nitrogens with zero attached hydrogens (tertiary/aromatic N) is 2. The van der Waals surface area contributed by atoms with Crippen LogP contribution >= 0.6 is 0 Å². The van der Waals surface area contributed by atoms with Crippen molar-refractivity contribution in [3.8, 4) is 0 Å². The molecule has 0 spiro atoms. The fourth-order valence-electron chi connectivity index (χ4n) is 2.19. The zero-order chi connectivity index (χ0) is 11.5. The molecular weight excluding hydrogens is 202 g/mol. The van der Waals surface area contributed by atoms with E-state index in [0.29, 0.717) is 5.92 Å². The molecule has 1 aromatic heterocycles. The number of rotatable bonds is 3. The van der Waals surface area contributed by atoms with Crippen LogP contribution in [0.25, 0.3) is 0 Å². The molecule has 2 rings (SSSR count). The summed E-state index contributed by atoms with van der Waals surface area (Å²) in [5.74, 6) is 1.21. The van der Waals surface area contributed by atoms with Gasteiger partial charge in [-0.3, -0.25) is 4.98 Å². The zero-order valence-corrected chi connectivity index (χ0v) is 9.90. The third kappa shape index (κ3) is 2.50. The molecular formula is C12H19N3O. The van der Waals surface area contributed by atoms with E-state index in [4.69, 9.17) is 0 Å². The standard InChI is InChI=1S/C12H19N3O/c1-8-6-13-9(2)12(15-8)14-7-10-4-3-5-11(10)16/h6,10-11,16H,3-5,7H2,1-2H3,(H,14,15). The minimum absolute atomic E-state index is 0.148. The molecule has 88 valence electrons. The molecule has 1 heterocycles. The highest BCUT2D eigenvalue weighted by atomic mass is 16.3. The Morgan fingerprint density at radius 3 is 2.94 bits per heavy atom. The lowest BCUT2D eigenvalue weighted by molar-refractivity contribution is 0.138. The maximum atomic E-state index is 9.71. The minimum Gasteiger partial charge on any atom is -0.393 e. The lowest BCUT2D eigenvalue weighted by Gasteiger charge is -2.16. The Kier molecular flexibility index (Phi) is 3.39. The van der Waals surface area contributed by atoms with E-state index in [9.17, 15) is 5.11 Å². The van der Waals surface area contributed by atoms with E-state index in [1.165, 1.54) is 0 Å². The molecule has 2 N–H and O–H groups in total. The number of aryl methyl sites for hydroxylation is 2. The predicted molar refractivity (Wildman–Crippen MR) is 63.3 cm³/mol. The van der Waals surface area contributed by atoms with Crippen LogP contribution in [-0.2, 0) is 0 Å². The maximum absolute atomic E-state index is 9.71. The summed E-state index contributed by atoms with van der Waals surface area (Å²) in [5, 5.41) is 13.0. The van der Waals surface area contributed by atoms with Crippen LogP contribution in [-0.4, -0.2) is 27.7 Å². The highest BCUT2D eigenvalue weighted by Gasteiger charge is 2.24. The highest BCUT2D eigenvalue weighted by molar-refractivity contribution is 5.39. The van der Waals surface area contributed by atoms with Gasteiger partial charge in [0, 0.05) is 18.7 Å².